The van der Waals surface area contributed by atoms with E-state index in [0.717, 1.165) is 10.0 Å². The summed E-state index contributed by atoms with van der Waals surface area (Å²) in [7, 11) is 0. The number of nitrogens with zero attached hydrogens (tertiary/aromatic N) is 2. The maximum Gasteiger partial charge on any atom is 0.167 e. The fraction of sp³-hybridized carbons (Fsp3) is 0.0833. The first kappa shape index (κ1) is 11.0. The van der Waals surface area contributed by atoms with Crippen molar-refractivity contribution in [2.45, 2.75) is 6.42 Å². The SMILES string of the molecule is O=C(Cc1ccnnc1)c1ccc(Br)cc1. The summed E-state index contributed by atoms with van der Waals surface area (Å²) in [6.45, 7) is 0. The minimum absolute atomic E-state index is 0.0838. The fourth-order valence-electron chi connectivity index (χ4n) is 1.35. The molecule has 0 aliphatic carbocycles. The van der Waals surface area contributed by atoms with Crippen molar-refractivity contribution in [3.8, 4) is 0 Å². The van der Waals surface area contributed by atoms with Crippen LogP contribution in [0.4, 0.5) is 0 Å². The van der Waals surface area contributed by atoms with Crippen molar-refractivity contribution in [1.82, 2.24) is 10.2 Å². The number of carbonyl (C=O) groups is 1. The third-order valence-corrected chi connectivity index (χ3v) is 2.71. The van der Waals surface area contributed by atoms with Crippen molar-refractivity contribution in [2.75, 3.05) is 0 Å². The number of Topliss-reactive ketones (excluding diaryl/α,β-unsaturated/α-hetero) is 1. The first-order chi connectivity index (χ1) is 7.75. The van der Waals surface area contributed by atoms with Gasteiger partial charge in [-0.05, 0) is 23.8 Å². The standard InChI is InChI=1S/C12H9BrN2O/c13-11-3-1-10(2-4-11)12(16)7-9-5-6-14-15-8-9/h1-6,8H,7H2. The lowest BCUT2D eigenvalue weighted by Gasteiger charge is -2.00. The van der Waals surface area contributed by atoms with Crippen LogP contribution in [0.2, 0.25) is 0 Å². The Morgan fingerprint density at radius 3 is 2.50 bits per heavy atom. The summed E-state index contributed by atoms with van der Waals surface area (Å²) in [5.41, 5.74) is 1.59. The van der Waals surface area contributed by atoms with Gasteiger partial charge in [0.1, 0.15) is 0 Å². The van der Waals surface area contributed by atoms with Crippen molar-refractivity contribution in [1.29, 1.82) is 0 Å². The van der Waals surface area contributed by atoms with E-state index in [1.807, 2.05) is 12.1 Å². The minimum atomic E-state index is 0.0838. The molecule has 0 atom stereocenters. The maximum absolute atomic E-state index is 11.9. The van der Waals surface area contributed by atoms with Gasteiger partial charge in [-0.2, -0.15) is 10.2 Å². The molecule has 2 aromatic rings. The molecule has 1 aromatic heterocycles. The molecule has 0 bridgehead atoms. The summed E-state index contributed by atoms with van der Waals surface area (Å²) in [4.78, 5) is 11.9. The number of hydrogen-bond acceptors (Lipinski definition) is 3. The predicted octanol–water partition coefficient (Wildman–Crippen LogP) is 2.66. The molecule has 0 aliphatic heterocycles. The van der Waals surface area contributed by atoms with Gasteiger partial charge in [-0.25, -0.2) is 0 Å². The number of ketones is 1. The molecule has 80 valence electrons. The van der Waals surface area contributed by atoms with Crippen LogP contribution in [0, 0.1) is 0 Å². The Kier molecular flexibility index (Phi) is 3.41. The number of benzene rings is 1. The molecule has 1 heterocycles. The Hall–Kier alpha value is -1.55. The molecule has 16 heavy (non-hydrogen) atoms. The summed E-state index contributed by atoms with van der Waals surface area (Å²) in [6.07, 6.45) is 3.55. The number of hydrogen-bond donors (Lipinski definition) is 0. The van der Waals surface area contributed by atoms with Gasteiger partial charge < -0.3 is 0 Å². The fourth-order valence-corrected chi connectivity index (χ4v) is 1.61. The first-order valence-electron chi connectivity index (χ1n) is 4.80. The molecule has 2 rings (SSSR count). The van der Waals surface area contributed by atoms with E-state index >= 15 is 0 Å². The van der Waals surface area contributed by atoms with Gasteiger partial charge in [0.2, 0.25) is 0 Å². The average Bonchev–Trinajstić information content (AvgIpc) is 2.31. The lowest BCUT2D eigenvalue weighted by molar-refractivity contribution is 0.0993. The summed E-state index contributed by atoms with van der Waals surface area (Å²) in [5.74, 6) is 0.0838. The highest BCUT2D eigenvalue weighted by molar-refractivity contribution is 9.10. The number of aromatic nitrogens is 2. The van der Waals surface area contributed by atoms with Gasteiger partial charge in [0.05, 0.1) is 6.20 Å². The molecular weight excluding hydrogens is 268 g/mol. The lowest BCUT2D eigenvalue weighted by Crippen LogP contribution is -2.03. The molecule has 0 aliphatic rings. The Morgan fingerprint density at radius 1 is 1.12 bits per heavy atom. The van der Waals surface area contributed by atoms with Crippen molar-refractivity contribution < 1.29 is 4.79 Å². The first-order valence-corrected chi connectivity index (χ1v) is 5.59. The van der Waals surface area contributed by atoms with Gasteiger partial charge >= 0.3 is 0 Å². The van der Waals surface area contributed by atoms with Crippen LogP contribution in [0.15, 0.2) is 47.2 Å². The van der Waals surface area contributed by atoms with Crippen LogP contribution < -0.4 is 0 Å². The quantitative estimate of drug-likeness (QED) is 0.810. The maximum atomic E-state index is 11.9. The Morgan fingerprint density at radius 2 is 1.88 bits per heavy atom. The minimum Gasteiger partial charge on any atom is -0.294 e. The van der Waals surface area contributed by atoms with Crippen molar-refractivity contribution >= 4 is 21.7 Å². The molecule has 0 radical (unpaired) electrons. The number of rotatable bonds is 3. The molecule has 0 unspecified atom stereocenters. The monoisotopic (exact) mass is 276 g/mol. The predicted molar refractivity (Wildman–Crippen MR) is 64.2 cm³/mol. The van der Waals surface area contributed by atoms with Gasteiger partial charge in [-0.1, -0.05) is 28.1 Å². The average molecular weight is 277 g/mol. The van der Waals surface area contributed by atoms with Gasteiger partial charge in [-0.3, -0.25) is 4.79 Å². The molecule has 0 saturated carbocycles. The van der Waals surface area contributed by atoms with E-state index in [2.05, 4.69) is 26.1 Å². The van der Waals surface area contributed by atoms with Gasteiger partial charge in [0.25, 0.3) is 0 Å². The number of carbonyl (C=O) groups excluding carboxylic acids is 1. The molecule has 0 fully saturated rings. The largest absolute Gasteiger partial charge is 0.294 e. The van der Waals surface area contributed by atoms with E-state index in [1.54, 1.807) is 30.6 Å². The van der Waals surface area contributed by atoms with Crippen LogP contribution >= 0.6 is 15.9 Å². The third-order valence-electron chi connectivity index (χ3n) is 2.18. The summed E-state index contributed by atoms with van der Waals surface area (Å²) < 4.78 is 0.967. The molecule has 0 spiro atoms. The summed E-state index contributed by atoms with van der Waals surface area (Å²) in [5, 5.41) is 7.41. The van der Waals surface area contributed by atoms with E-state index in [4.69, 9.17) is 0 Å². The molecule has 0 saturated heterocycles. The Bertz CT molecular complexity index is 482. The van der Waals surface area contributed by atoms with Gasteiger partial charge in [0, 0.05) is 22.7 Å². The van der Waals surface area contributed by atoms with Gasteiger partial charge in [0.15, 0.2) is 5.78 Å². The zero-order chi connectivity index (χ0) is 11.4. The third kappa shape index (κ3) is 2.73. The lowest BCUT2D eigenvalue weighted by atomic mass is 10.1. The van der Waals surface area contributed by atoms with Crippen LogP contribution in [-0.2, 0) is 6.42 Å². The van der Waals surface area contributed by atoms with Crippen LogP contribution in [0.25, 0.3) is 0 Å². The van der Waals surface area contributed by atoms with Crippen molar-refractivity contribution in [3.05, 3.63) is 58.3 Å². The highest BCUT2D eigenvalue weighted by atomic mass is 79.9. The topological polar surface area (TPSA) is 42.9 Å². The molecule has 1 aromatic carbocycles. The Labute approximate surface area is 102 Å². The van der Waals surface area contributed by atoms with Crippen molar-refractivity contribution in [3.63, 3.8) is 0 Å². The molecule has 0 amide bonds. The van der Waals surface area contributed by atoms with E-state index in [9.17, 15) is 4.79 Å². The number of halogens is 1. The van der Waals surface area contributed by atoms with Crippen LogP contribution in [0.3, 0.4) is 0 Å². The second kappa shape index (κ2) is 4.99. The second-order valence-electron chi connectivity index (χ2n) is 3.36. The van der Waals surface area contributed by atoms with Crippen LogP contribution in [0.5, 0.6) is 0 Å². The van der Waals surface area contributed by atoms with E-state index in [1.165, 1.54) is 0 Å². The normalized spacial score (nSPS) is 10.1. The zero-order valence-electron chi connectivity index (χ0n) is 8.43. The van der Waals surface area contributed by atoms with E-state index < -0.39 is 0 Å². The molecule has 4 heteroatoms. The highest BCUT2D eigenvalue weighted by Gasteiger charge is 2.06. The second-order valence-corrected chi connectivity index (χ2v) is 4.27. The van der Waals surface area contributed by atoms with Crippen molar-refractivity contribution in [2.24, 2.45) is 0 Å². The molecule has 3 nitrogen and oxygen atoms in total. The van der Waals surface area contributed by atoms with E-state index in [0.29, 0.717) is 12.0 Å². The zero-order valence-corrected chi connectivity index (χ0v) is 10.0. The smallest absolute Gasteiger partial charge is 0.167 e. The van der Waals surface area contributed by atoms with Gasteiger partial charge in [-0.15, -0.1) is 0 Å². The molecule has 0 N–H and O–H groups in total. The molecular formula is C12H9BrN2O. The summed E-state index contributed by atoms with van der Waals surface area (Å²) >= 11 is 3.33. The van der Waals surface area contributed by atoms with Crippen LogP contribution in [0.1, 0.15) is 15.9 Å². The highest BCUT2D eigenvalue weighted by Crippen LogP contribution is 2.12. The Balaban J connectivity index is 2.12. The van der Waals surface area contributed by atoms with Crippen LogP contribution in [-0.4, -0.2) is 16.0 Å². The van der Waals surface area contributed by atoms with E-state index in [-0.39, 0.29) is 5.78 Å². The summed E-state index contributed by atoms with van der Waals surface area (Å²) in [6, 6.07) is 9.13.